The van der Waals surface area contributed by atoms with Gasteiger partial charge in [-0.3, -0.25) is 14.8 Å². The van der Waals surface area contributed by atoms with Gasteiger partial charge in [-0.15, -0.1) is 0 Å². The van der Waals surface area contributed by atoms with E-state index in [-0.39, 0.29) is 12.5 Å². The van der Waals surface area contributed by atoms with Crippen molar-refractivity contribution in [3.8, 4) is 5.75 Å². The van der Waals surface area contributed by atoms with Crippen LogP contribution in [-0.2, 0) is 11.3 Å². The van der Waals surface area contributed by atoms with Gasteiger partial charge in [0, 0.05) is 44.6 Å². The van der Waals surface area contributed by atoms with Crippen molar-refractivity contribution < 1.29 is 9.53 Å². The van der Waals surface area contributed by atoms with Crippen LogP contribution in [0.1, 0.15) is 23.2 Å². The fraction of sp³-hybridized carbons (Fsp3) is 0.474. The average Bonchev–Trinajstić information content (AvgIpc) is 3.00. The van der Waals surface area contributed by atoms with E-state index in [1.54, 1.807) is 6.20 Å². The molecular weight excluding hydrogens is 316 g/mol. The topological polar surface area (TPSA) is 61.5 Å². The molecule has 1 aliphatic rings. The zero-order valence-corrected chi connectivity index (χ0v) is 15.0. The second kappa shape index (κ2) is 8.16. The molecule has 1 fully saturated rings. The number of aromatic amines is 1. The Hall–Kier alpha value is -2.34. The minimum atomic E-state index is 0.0571. The highest BCUT2D eigenvalue weighted by molar-refractivity contribution is 5.77. The molecule has 1 N–H and O–H groups in total. The highest BCUT2D eigenvalue weighted by Crippen LogP contribution is 2.16. The van der Waals surface area contributed by atoms with Gasteiger partial charge in [-0.25, -0.2) is 0 Å². The summed E-state index contributed by atoms with van der Waals surface area (Å²) in [6.45, 7) is 8.45. The first-order chi connectivity index (χ1) is 12.1. The van der Waals surface area contributed by atoms with Crippen molar-refractivity contribution in [3.63, 3.8) is 0 Å². The standard InChI is InChI=1S/C19H26N4O2/c1-15-4-5-18(12-16(15)2)25-14-19(24)23-9-3-8-22(10-11-23)13-17-6-7-20-21-17/h4-7,12H,3,8-11,13-14H2,1-2H3,(H,20,21). The van der Waals surface area contributed by atoms with E-state index in [1.807, 2.05) is 36.1 Å². The number of H-pyrrole nitrogens is 1. The summed E-state index contributed by atoms with van der Waals surface area (Å²) in [5.41, 5.74) is 3.51. The van der Waals surface area contributed by atoms with Crippen LogP contribution in [0.25, 0.3) is 0 Å². The van der Waals surface area contributed by atoms with Crippen LogP contribution >= 0.6 is 0 Å². The van der Waals surface area contributed by atoms with Crippen molar-refractivity contribution in [3.05, 3.63) is 47.3 Å². The molecule has 2 heterocycles. The summed E-state index contributed by atoms with van der Waals surface area (Å²) in [4.78, 5) is 16.7. The largest absolute Gasteiger partial charge is 0.484 e. The Kier molecular flexibility index (Phi) is 5.71. The molecule has 6 heteroatoms. The summed E-state index contributed by atoms with van der Waals surface area (Å²) in [6, 6.07) is 7.92. The van der Waals surface area contributed by atoms with Crippen LogP contribution in [0.15, 0.2) is 30.5 Å². The Bertz CT molecular complexity index is 699. The maximum absolute atomic E-state index is 12.5. The number of rotatable bonds is 5. The summed E-state index contributed by atoms with van der Waals surface area (Å²) in [7, 11) is 0. The minimum absolute atomic E-state index is 0.0571. The molecule has 134 valence electrons. The number of hydrogen-bond donors (Lipinski definition) is 1. The van der Waals surface area contributed by atoms with E-state index in [9.17, 15) is 4.79 Å². The predicted molar refractivity (Wildman–Crippen MR) is 96.5 cm³/mol. The van der Waals surface area contributed by atoms with Gasteiger partial charge in [-0.2, -0.15) is 5.10 Å². The Morgan fingerprint density at radius 1 is 1.16 bits per heavy atom. The Morgan fingerprint density at radius 2 is 2.04 bits per heavy atom. The number of ether oxygens (including phenoxy) is 1. The number of amides is 1. The minimum Gasteiger partial charge on any atom is -0.484 e. The molecule has 0 spiro atoms. The van der Waals surface area contributed by atoms with E-state index >= 15 is 0 Å². The number of hydrogen-bond acceptors (Lipinski definition) is 4. The van der Waals surface area contributed by atoms with Crippen molar-refractivity contribution in [2.45, 2.75) is 26.8 Å². The van der Waals surface area contributed by atoms with E-state index in [0.29, 0.717) is 0 Å². The zero-order valence-electron chi connectivity index (χ0n) is 15.0. The number of nitrogens with zero attached hydrogens (tertiary/aromatic N) is 3. The lowest BCUT2D eigenvalue weighted by molar-refractivity contribution is -0.133. The molecule has 0 saturated carbocycles. The lowest BCUT2D eigenvalue weighted by Crippen LogP contribution is -2.38. The Labute approximate surface area is 148 Å². The van der Waals surface area contributed by atoms with Gasteiger partial charge in [0.2, 0.25) is 0 Å². The third-order valence-corrected chi connectivity index (χ3v) is 4.73. The van der Waals surface area contributed by atoms with E-state index in [2.05, 4.69) is 22.0 Å². The third-order valence-electron chi connectivity index (χ3n) is 4.73. The molecule has 1 amide bonds. The van der Waals surface area contributed by atoms with Gasteiger partial charge in [-0.1, -0.05) is 6.07 Å². The normalized spacial score (nSPS) is 15.8. The Morgan fingerprint density at radius 3 is 2.80 bits per heavy atom. The SMILES string of the molecule is Cc1ccc(OCC(=O)N2CCCN(Cc3ccn[nH]3)CC2)cc1C. The van der Waals surface area contributed by atoms with Gasteiger partial charge in [0.05, 0.1) is 0 Å². The van der Waals surface area contributed by atoms with Crippen molar-refractivity contribution in [2.24, 2.45) is 0 Å². The number of aromatic nitrogens is 2. The van der Waals surface area contributed by atoms with Gasteiger partial charge in [0.25, 0.3) is 5.91 Å². The van der Waals surface area contributed by atoms with Crippen molar-refractivity contribution in [2.75, 3.05) is 32.8 Å². The van der Waals surface area contributed by atoms with Crippen LogP contribution in [0.2, 0.25) is 0 Å². The molecule has 1 aromatic carbocycles. The second-order valence-electron chi connectivity index (χ2n) is 6.63. The molecule has 3 rings (SSSR count). The maximum atomic E-state index is 12.5. The summed E-state index contributed by atoms with van der Waals surface area (Å²) < 4.78 is 5.69. The molecule has 0 bridgehead atoms. The summed E-state index contributed by atoms with van der Waals surface area (Å²) in [5.74, 6) is 0.814. The highest BCUT2D eigenvalue weighted by atomic mass is 16.5. The molecular formula is C19H26N4O2. The Balaban J connectivity index is 1.48. The smallest absolute Gasteiger partial charge is 0.260 e. The summed E-state index contributed by atoms with van der Waals surface area (Å²) in [5, 5.41) is 6.98. The number of carbonyl (C=O) groups excluding carboxylic acids is 1. The van der Waals surface area contributed by atoms with E-state index in [1.165, 1.54) is 11.1 Å². The number of benzene rings is 1. The number of aryl methyl sites for hydroxylation is 2. The fourth-order valence-corrected chi connectivity index (χ4v) is 3.03. The molecule has 2 aromatic rings. The summed E-state index contributed by atoms with van der Waals surface area (Å²) >= 11 is 0. The van der Waals surface area contributed by atoms with E-state index in [0.717, 1.165) is 50.6 Å². The molecule has 0 atom stereocenters. The molecule has 1 aliphatic heterocycles. The van der Waals surface area contributed by atoms with Gasteiger partial charge in [0.15, 0.2) is 6.61 Å². The molecule has 6 nitrogen and oxygen atoms in total. The monoisotopic (exact) mass is 342 g/mol. The van der Waals surface area contributed by atoms with Crippen LogP contribution in [-0.4, -0.2) is 58.7 Å². The van der Waals surface area contributed by atoms with Crippen molar-refractivity contribution >= 4 is 5.91 Å². The van der Waals surface area contributed by atoms with E-state index in [4.69, 9.17) is 4.74 Å². The zero-order chi connectivity index (χ0) is 17.6. The van der Waals surface area contributed by atoms with Crippen LogP contribution in [0.4, 0.5) is 0 Å². The van der Waals surface area contributed by atoms with Gasteiger partial charge >= 0.3 is 0 Å². The lowest BCUT2D eigenvalue weighted by Gasteiger charge is -2.21. The van der Waals surface area contributed by atoms with Gasteiger partial charge in [-0.05, 0) is 49.6 Å². The van der Waals surface area contributed by atoms with Crippen molar-refractivity contribution in [1.82, 2.24) is 20.0 Å². The van der Waals surface area contributed by atoms with Crippen LogP contribution in [0.5, 0.6) is 5.75 Å². The highest BCUT2D eigenvalue weighted by Gasteiger charge is 2.19. The molecule has 0 radical (unpaired) electrons. The summed E-state index contributed by atoms with van der Waals surface area (Å²) in [6.07, 6.45) is 2.75. The van der Waals surface area contributed by atoms with Crippen molar-refractivity contribution in [1.29, 1.82) is 0 Å². The van der Waals surface area contributed by atoms with Gasteiger partial charge in [0.1, 0.15) is 5.75 Å². The first-order valence-electron chi connectivity index (χ1n) is 8.80. The number of nitrogens with one attached hydrogen (secondary N) is 1. The first-order valence-corrected chi connectivity index (χ1v) is 8.80. The molecule has 25 heavy (non-hydrogen) atoms. The molecule has 1 saturated heterocycles. The van der Waals surface area contributed by atoms with Gasteiger partial charge < -0.3 is 9.64 Å². The van der Waals surface area contributed by atoms with Crippen LogP contribution < -0.4 is 4.74 Å². The molecule has 1 aromatic heterocycles. The first kappa shape index (κ1) is 17.5. The van der Waals surface area contributed by atoms with E-state index < -0.39 is 0 Å². The third kappa shape index (κ3) is 4.82. The fourth-order valence-electron chi connectivity index (χ4n) is 3.03. The predicted octanol–water partition coefficient (Wildman–Crippen LogP) is 2.14. The maximum Gasteiger partial charge on any atom is 0.260 e. The molecule has 0 unspecified atom stereocenters. The average molecular weight is 342 g/mol. The second-order valence-corrected chi connectivity index (χ2v) is 6.63. The lowest BCUT2D eigenvalue weighted by atomic mass is 10.1. The number of carbonyl (C=O) groups is 1. The molecule has 0 aliphatic carbocycles. The quantitative estimate of drug-likeness (QED) is 0.904. The van der Waals surface area contributed by atoms with Crippen LogP contribution in [0.3, 0.4) is 0 Å². The van der Waals surface area contributed by atoms with Crippen LogP contribution in [0, 0.1) is 13.8 Å².